The van der Waals surface area contributed by atoms with Gasteiger partial charge in [0.15, 0.2) is 6.67 Å². The van der Waals surface area contributed by atoms with Gasteiger partial charge in [-0.2, -0.15) is 0 Å². The van der Waals surface area contributed by atoms with Gasteiger partial charge in [0.25, 0.3) is 5.91 Å². The Morgan fingerprint density at radius 1 is 1.12 bits per heavy atom. The number of carbonyl (C=O) groups is 2. The quantitative estimate of drug-likeness (QED) is 0.833. The van der Waals surface area contributed by atoms with Crippen molar-refractivity contribution in [1.29, 1.82) is 0 Å². The molecule has 136 valence electrons. The fraction of sp³-hybridized carbons (Fsp3) is 0.300. The number of hydrogen-bond acceptors (Lipinski definition) is 2. The van der Waals surface area contributed by atoms with Crippen LogP contribution >= 0.6 is 0 Å². The van der Waals surface area contributed by atoms with E-state index in [1.54, 1.807) is 13.0 Å². The predicted octanol–water partition coefficient (Wildman–Crippen LogP) is 1.96. The molecule has 0 aliphatic carbocycles. The lowest BCUT2D eigenvalue weighted by molar-refractivity contribution is -0.901. The van der Waals surface area contributed by atoms with Gasteiger partial charge in [0, 0.05) is 11.3 Å². The number of imide groups is 1. The van der Waals surface area contributed by atoms with Gasteiger partial charge in [-0.05, 0) is 38.1 Å². The molecule has 26 heavy (non-hydrogen) atoms. The first-order chi connectivity index (χ1) is 12.4. The Balaban J connectivity index is 1.72. The number of anilines is 1. The molecule has 0 aromatic heterocycles. The molecule has 0 radical (unpaired) electrons. The van der Waals surface area contributed by atoms with Gasteiger partial charge in [0.05, 0.1) is 7.05 Å². The van der Waals surface area contributed by atoms with E-state index in [0.29, 0.717) is 12.2 Å². The van der Waals surface area contributed by atoms with Crippen LogP contribution in [-0.4, -0.2) is 36.6 Å². The van der Waals surface area contributed by atoms with Gasteiger partial charge in [0.2, 0.25) is 0 Å². The van der Waals surface area contributed by atoms with E-state index in [1.807, 2.05) is 44.3 Å². The summed E-state index contributed by atoms with van der Waals surface area (Å²) in [6.07, 6.45) is 0. The summed E-state index contributed by atoms with van der Waals surface area (Å²) in [5.74, 6) is -0.503. The standard InChI is InChI=1S/C20H22FN3O2/c1-14-7-9-18(10-8-14)24-15(2)19(25)23(20(24)26)13-22(3)12-16-5-4-6-17(21)11-16/h4-11,15H,12-13H2,1-3H3/p+1/t15-/m0/s1. The van der Waals surface area contributed by atoms with Crippen LogP contribution in [0.3, 0.4) is 0 Å². The van der Waals surface area contributed by atoms with Gasteiger partial charge in [0.1, 0.15) is 18.4 Å². The molecule has 0 saturated carbocycles. The molecule has 1 saturated heterocycles. The zero-order valence-electron chi connectivity index (χ0n) is 15.2. The molecule has 2 atom stereocenters. The van der Waals surface area contributed by atoms with Crippen LogP contribution in [0.5, 0.6) is 0 Å². The first-order valence-corrected chi connectivity index (χ1v) is 8.64. The lowest BCUT2D eigenvalue weighted by Gasteiger charge is -2.21. The molecule has 2 aromatic carbocycles. The molecule has 5 nitrogen and oxygen atoms in total. The molecule has 1 N–H and O–H groups in total. The van der Waals surface area contributed by atoms with E-state index in [4.69, 9.17) is 0 Å². The van der Waals surface area contributed by atoms with Crippen molar-refractivity contribution >= 4 is 17.6 Å². The van der Waals surface area contributed by atoms with E-state index in [0.717, 1.165) is 16.0 Å². The molecule has 6 heteroatoms. The monoisotopic (exact) mass is 356 g/mol. The van der Waals surface area contributed by atoms with Gasteiger partial charge in [-0.1, -0.05) is 29.8 Å². The third-order valence-electron chi connectivity index (χ3n) is 4.58. The molecule has 1 fully saturated rings. The van der Waals surface area contributed by atoms with Gasteiger partial charge in [-0.3, -0.25) is 9.69 Å². The fourth-order valence-corrected chi connectivity index (χ4v) is 3.23. The second-order valence-corrected chi connectivity index (χ2v) is 6.85. The summed E-state index contributed by atoms with van der Waals surface area (Å²) >= 11 is 0. The van der Waals surface area contributed by atoms with E-state index >= 15 is 0 Å². The number of quaternary nitrogens is 1. The highest BCUT2D eigenvalue weighted by Gasteiger charge is 2.44. The van der Waals surface area contributed by atoms with Crippen LogP contribution in [0.1, 0.15) is 18.1 Å². The third kappa shape index (κ3) is 3.60. The van der Waals surface area contributed by atoms with Gasteiger partial charge < -0.3 is 4.90 Å². The summed E-state index contributed by atoms with van der Waals surface area (Å²) in [4.78, 5) is 29.1. The minimum Gasteiger partial charge on any atom is -0.316 e. The molecule has 3 rings (SSSR count). The highest BCUT2D eigenvalue weighted by Crippen LogP contribution is 2.25. The van der Waals surface area contributed by atoms with Crippen molar-refractivity contribution in [2.45, 2.75) is 26.4 Å². The van der Waals surface area contributed by atoms with Crippen molar-refractivity contribution < 1.29 is 18.9 Å². The summed E-state index contributed by atoms with van der Waals surface area (Å²) in [5.41, 5.74) is 2.63. The van der Waals surface area contributed by atoms with E-state index in [-0.39, 0.29) is 24.4 Å². The molecular weight excluding hydrogens is 333 g/mol. The minimum absolute atomic E-state index is 0.214. The molecule has 2 aromatic rings. The average Bonchev–Trinajstić information content (AvgIpc) is 2.80. The van der Waals surface area contributed by atoms with Crippen LogP contribution in [0.2, 0.25) is 0 Å². The number of halogens is 1. The Kier molecular flexibility index (Phi) is 5.04. The summed E-state index contributed by atoms with van der Waals surface area (Å²) in [5, 5.41) is 0. The Labute approximate surface area is 152 Å². The van der Waals surface area contributed by atoms with Gasteiger partial charge in [-0.15, -0.1) is 0 Å². The molecule has 1 unspecified atom stereocenters. The molecular formula is C20H23FN3O2+. The second kappa shape index (κ2) is 7.25. The molecule has 0 bridgehead atoms. The normalized spacial score (nSPS) is 18.5. The van der Waals surface area contributed by atoms with Crippen molar-refractivity contribution in [1.82, 2.24) is 4.90 Å². The highest BCUT2D eigenvalue weighted by molar-refractivity contribution is 6.13. The maximum atomic E-state index is 13.3. The number of aryl methyl sites for hydroxylation is 1. The largest absolute Gasteiger partial charge is 0.336 e. The Morgan fingerprint density at radius 3 is 2.46 bits per heavy atom. The molecule has 1 aliphatic rings. The summed E-state index contributed by atoms with van der Waals surface area (Å²) in [7, 11) is 1.88. The number of rotatable bonds is 5. The molecule has 3 amide bonds. The Bertz CT molecular complexity index is 822. The smallest absolute Gasteiger partial charge is 0.316 e. The van der Waals surface area contributed by atoms with Crippen LogP contribution in [0.15, 0.2) is 48.5 Å². The van der Waals surface area contributed by atoms with Gasteiger partial charge in [-0.25, -0.2) is 14.1 Å². The number of nitrogens with zero attached hydrogens (tertiary/aromatic N) is 2. The third-order valence-corrected chi connectivity index (χ3v) is 4.58. The Hall–Kier alpha value is -2.73. The van der Waals surface area contributed by atoms with E-state index < -0.39 is 6.04 Å². The van der Waals surface area contributed by atoms with Crippen LogP contribution in [0, 0.1) is 12.7 Å². The van der Waals surface area contributed by atoms with E-state index in [1.165, 1.54) is 21.9 Å². The number of nitrogens with one attached hydrogen (secondary N) is 1. The molecule has 1 aliphatic heterocycles. The van der Waals surface area contributed by atoms with E-state index in [2.05, 4.69) is 0 Å². The zero-order chi connectivity index (χ0) is 18.8. The second-order valence-electron chi connectivity index (χ2n) is 6.85. The van der Waals surface area contributed by atoms with Crippen molar-refractivity contribution in [3.05, 3.63) is 65.5 Å². The maximum Gasteiger partial charge on any atom is 0.336 e. The van der Waals surface area contributed by atoms with Crippen molar-refractivity contribution in [3.63, 3.8) is 0 Å². The average molecular weight is 356 g/mol. The van der Waals surface area contributed by atoms with Crippen LogP contribution < -0.4 is 9.80 Å². The van der Waals surface area contributed by atoms with Crippen molar-refractivity contribution in [2.75, 3.05) is 18.6 Å². The first-order valence-electron chi connectivity index (χ1n) is 8.64. The molecule has 0 spiro atoms. The van der Waals surface area contributed by atoms with Crippen molar-refractivity contribution in [3.8, 4) is 0 Å². The summed E-state index contributed by atoms with van der Waals surface area (Å²) < 4.78 is 13.3. The number of urea groups is 1. The number of amides is 3. The Morgan fingerprint density at radius 2 is 1.81 bits per heavy atom. The SMILES string of the molecule is Cc1ccc(N2C(=O)N(C[NH+](C)Cc3cccc(F)c3)C(=O)[C@@H]2C)cc1. The summed E-state index contributed by atoms with van der Waals surface area (Å²) in [6.45, 7) is 4.47. The fourth-order valence-electron chi connectivity index (χ4n) is 3.23. The van der Waals surface area contributed by atoms with Crippen LogP contribution in [-0.2, 0) is 11.3 Å². The minimum atomic E-state index is -0.535. The van der Waals surface area contributed by atoms with Crippen LogP contribution in [0.25, 0.3) is 0 Å². The maximum absolute atomic E-state index is 13.3. The lowest BCUT2D eigenvalue weighted by atomic mass is 10.2. The molecule has 1 heterocycles. The summed E-state index contributed by atoms with van der Waals surface area (Å²) in [6, 6.07) is 13.1. The van der Waals surface area contributed by atoms with Crippen LogP contribution in [0.4, 0.5) is 14.9 Å². The lowest BCUT2D eigenvalue weighted by Crippen LogP contribution is -3.09. The van der Waals surface area contributed by atoms with Gasteiger partial charge >= 0.3 is 6.03 Å². The highest BCUT2D eigenvalue weighted by atomic mass is 19.1. The first kappa shape index (κ1) is 18.1. The zero-order valence-corrected chi connectivity index (χ0v) is 15.2. The number of hydrogen-bond donors (Lipinski definition) is 1. The van der Waals surface area contributed by atoms with Crippen molar-refractivity contribution in [2.24, 2.45) is 0 Å². The number of carbonyl (C=O) groups excluding carboxylic acids is 2. The number of benzene rings is 2. The van der Waals surface area contributed by atoms with E-state index in [9.17, 15) is 14.0 Å². The predicted molar refractivity (Wildman–Crippen MR) is 97.2 cm³/mol. The topological polar surface area (TPSA) is 45.1 Å².